The van der Waals surface area contributed by atoms with Crippen LogP contribution >= 0.6 is 0 Å². The van der Waals surface area contributed by atoms with Crippen LogP contribution < -0.4 is 5.73 Å². The predicted octanol–water partition coefficient (Wildman–Crippen LogP) is 2.26. The summed E-state index contributed by atoms with van der Waals surface area (Å²) in [5.74, 6) is -0.384. The highest BCUT2D eigenvalue weighted by Crippen LogP contribution is 2.24. The van der Waals surface area contributed by atoms with Crippen LogP contribution in [0.1, 0.15) is 26.2 Å². The second-order valence-electron chi connectivity index (χ2n) is 7.94. The van der Waals surface area contributed by atoms with E-state index in [4.69, 9.17) is 15.0 Å². The molecule has 148 valence electrons. The van der Waals surface area contributed by atoms with Crippen molar-refractivity contribution in [2.24, 2.45) is 5.73 Å². The van der Waals surface area contributed by atoms with Gasteiger partial charge in [-0.2, -0.15) is 0 Å². The monoisotopic (exact) mass is 390 g/mol. The number of rotatable bonds is 13. The van der Waals surface area contributed by atoms with Gasteiger partial charge in [0.05, 0.1) is 18.4 Å². The first kappa shape index (κ1) is 24.3. The number of unbranched alkanes of at least 4 members (excludes halogenated alkanes) is 1. The van der Waals surface area contributed by atoms with E-state index >= 15 is 0 Å². The summed E-state index contributed by atoms with van der Waals surface area (Å²) in [5.41, 5.74) is 5.45. The summed E-state index contributed by atoms with van der Waals surface area (Å²) in [4.78, 5) is 13.6. The van der Waals surface area contributed by atoms with Crippen molar-refractivity contribution in [1.82, 2.24) is 4.90 Å². The first-order valence-electron chi connectivity index (χ1n) is 9.17. The molecule has 0 heterocycles. The summed E-state index contributed by atoms with van der Waals surface area (Å²) in [5, 5.41) is 18.6. The zero-order valence-corrected chi connectivity index (χ0v) is 18.7. The fourth-order valence-corrected chi connectivity index (χ4v) is 12.0. The van der Waals surface area contributed by atoms with Gasteiger partial charge in [0.1, 0.15) is 0 Å². The Morgan fingerprint density at radius 1 is 1.20 bits per heavy atom. The van der Waals surface area contributed by atoms with E-state index in [-0.39, 0.29) is 24.8 Å². The van der Waals surface area contributed by atoms with Gasteiger partial charge in [-0.25, -0.2) is 0 Å². The number of aliphatic hydroxyl groups excluding tert-OH is 2. The number of amides is 1. The zero-order chi connectivity index (χ0) is 19.7. The Labute approximate surface area is 155 Å². The van der Waals surface area contributed by atoms with E-state index in [0.717, 1.165) is 12.5 Å². The molecule has 0 saturated heterocycles. The summed E-state index contributed by atoms with van der Waals surface area (Å²) in [6.45, 7) is 14.8. The lowest BCUT2D eigenvalue weighted by molar-refractivity contribution is -0.129. The van der Waals surface area contributed by atoms with Gasteiger partial charge >= 0.3 is 0 Å². The average molecular weight is 391 g/mol. The standard InChI is InChI=1S/C17H38N2O4Si2/c1-7-8-11-24(3,4)23-25(5,6)12-9-10-19(13-16(21)14-20)17(22)15(2)18/h16,20-21H,2,7-14,18H2,1,3-6H3. The molecule has 0 aromatic carbocycles. The van der Waals surface area contributed by atoms with Gasteiger partial charge in [-0.15, -0.1) is 0 Å². The smallest absolute Gasteiger partial charge is 0.269 e. The Kier molecular flexibility index (Phi) is 10.8. The predicted molar refractivity (Wildman–Crippen MR) is 108 cm³/mol. The molecule has 25 heavy (non-hydrogen) atoms. The van der Waals surface area contributed by atoms with Gasteiger partial charge in [0.2, 0.25) is 0 Å². The minimum absolute atomic E-state index is 0.0500. The number of nitrogens with two attached hydrogens (primary N) is 1. The highest BCUT2D eigenvalue weighted by Gasteiger charge is 2.32. The number of carbonyl (C=O) groups is 1. The van der Waals surface area contributed by atoms with Crippen LogP contribution in [-0.4, -0.2) is 63.5 Å². The molecule has 0 spiro atoms. The molecule has 0 bridgehead atoms. The maximum absolute atomic E-state index is 12.1. The Balaban J connectivity index is 4.62. The van der Waals surface area contributed by atoms with Crippen LogP contribution in [0, 0.1) is 0 Å². The molecule has 0 aromatic rings. The van der Waals surface area contributed by atoms with Crippen LogP contribution in [0.3, 0.4) is 0 Å². The van der Waals surface area contributed by atoms with Gasteiger partial charge in [0.15, 0.2) is 16.6 Å². The minimum atomic E-state index is -1.81. The van der Waals surface area contributed by atoms with Crippen molar-refractivity contribution in [2.45, 2.75) is 70.6 Å². The molecule has 0 aliphatic heterocycles. The third-order valence-corrected chi connectivity index (χ3v) is 11.6. The highest BCUT2D eigenvalue weighted by molar-refractivity contribution is 6.84. The molecule has 4 N–H and O–H groups in total. The summed E-state index contributed by atoms with van der Waals surface area (Å²) in [7, 11) is -3.44. The number of hydrogen-bond acceptors (Lipinski definition) is 5. The van der Waals surface area contributed by atoms with Crippen molar-refractivity contribution in [2.75, 3.05) is 19.7 Å². The summed E-state index contributed by atoms with van der Waals surface area (Å²) >= 11 is 0. The average Bonchev–Trinajstić information content (AvgIpc) is 2.49. The van der Waals surface area contributed by atoms with Gasteiger partial charge in [-0.1, -0.05) is 26.3 Å². The fourth-order valence-electron chi connectivity index (χ4n) is 2.94. The second-order valence-corrected chi connectivity index (χ2v) is 16.8. The van der Waals surface area contributed by atoms with Crippen LogP contribution in [0.25, 0.3) is 0 Å². The zero-order valence-electron chi connectivity index (χ0n) is 16.7. The Morgan fingerprint density at radius 3 is 2.16 bits per heavy atom. The summed E-state index contributed by atoms with van der Waals surface area (Å²) in [6.07, 6.45) is 2.22. The number of nitrogens with zero attached hydrogens (tertiary/aromatic N) is 1. The van der Waals surface area contributed by atoms with E-state index in [0.29, 0.717) is 6.54 Å². The molecule has 8 heteroatoms. The lowest BCUT2D eigenvalue weighted by Crippen LogP contribution is -2.45. The van der Waals surface area contributed by atoms with E-state index in [1.54, 1.807) is 0 Å². The molecule has 1 unspecified atom stereocenters. The first-order valence-corrected chi connectivity index (χ1v) is 15.4. The quantitative estimate of drug-likeness (QED) is 0.331. The third-order valence-electron chi connectivity index (χ3n) is 4.10. The van der Waals surface area contributed by atoms with Crippen molar-refractivity contribution in [1.29, 1.82) is 0 Å². The molecular formula is C17H38N2O4Si2. The lowest BCUT2D eigenvalue weighted by atomic mass is 10.3. The Morgan fingerprint density at radius 2 is 1.72 bits per heavy atom. The van der Waals surface area contributed by atoms with Crippen molar-refractivity contribution in [3.05, 3.63) is 12.3 Å². The molecule has 0 aliphatic rings. The van der Waals surface area contributed by atoms with Crippen molar-refractivity contribution in [3.8, 4) is 0 Å². The molecule has 0 fully saturated rings. The molecule has 0 aromatic heterocycles. The maximum Gasteiger partial charge on any atom is 0.269 e. The fraction of sp³-hybridized carbons (Fsp3) is 0.824. The molecule has 0 aliphatic carbocycles. The second kappa shape index (κ2) is 11.1. The third kappa shape index (κ3) is 10.8. The summed E-state index contributed by atoms with van der Waals surface area (Å²) < 4.78 is 6.56. The SMILES string of the molecule is C=C(N)C(=O)N(CCC[Si](C)(C)O[Si](C)(C)CCCC)CC(O)CO. The Hall–Kier alpha value is -0.676. The van der Waals surface area contributed by atoms with Gasteiger partial charge in [-0.3, -0.25) is 4.79 Å². The van der Waals surface area contributed by atoms with Crippen LogP contribution in [0.15, 0.2) is 12.3 Å². The van der Waals surface area contributed by atoms with Gasteiger partial charge in [0.25, 0.3) is 5.91 Å². The van der Waals surface area contributed by atoms with E-state index < -0.39 is 22.7 Å². The van der Waals surface area contributed by atoms with Crippen molar-refractivity contribution in [3.63, 3.8) is 0 Å². The molecule has 0 rings (SSSR count). The maximum atomic E-state index is 12.1. The van der Waals surface area contributed by atoms with Crippen molar-refractivity contribution < 1.29 is 19.1 Å². The van der Waals surface area contributed by atoms with E-state index in [1.807, 2.05) is 0 Å². The largest absolute Gasteiger partial charge is 0.455 e. The number of aliphatic hydroxyl groups is 2. The topological polar surface area (TPSA) is 96.0 Å². The van der Waals surface area contributed by atoms with Crippen LogP contribution in [0.5, 0.6) is 0 Å². The summed E-state index contributed by atoms with van der Waals surface area (Å²) in [6, 6.07) is 2.12. The molecule has 1 amide bonds. The first-order chi connectivity index (χ1) is 11.4. The molecule has 0 radical (unpaired) electrons. The normalized spacial score (nSPS) is 13.6. The van der Waals surface area contributed by atoms with Gasteiger partial charge in [-0.05, 0) is 44.7 Å². The van der Waals surface area contributed by atoms with Crippen LogP contribution in [0.2, 0.25) is 38.3 Å². The van der Waals surface area contributed by atoms with E-state index in [9.17, 15) is 9.90 Å². The molecular weight excluding hydrogens is 352 g/mol. The number of hydrogen-bond donors (Lipinski definition) is 3. The molecule has 1 atom stereocenters. The lowest BCUT2D eigenvalue weighted by Gasteiger charge is -2.34. The Bertz CT molecular complexity index is 431. The highest BCUT2D eigenvalue weighted by atomic mass is 28.4. The molecule has 0 saturated carbocycles. The van der Waals surface area contributed by atoms with E-state index in [2.05, 4.69) is 39.7 Å². The minimum Gasteiger partial charge on any atom is -0.455 e. The number of carbonyl (C=O) groups excluding carboxylic acids is 1. The van der Waals surface area contributed by atoms with Crippen LogP contribution in [0.4, 0.5) is 0 Å². The van der Waals surface area contributed by atoms with Crippen LogP contribution in [-0.2, 0) is 8.91 Å². The van der Waals surface area contributed by atoms with Crippen molar-refractivity contribution >= 4 is 22.5 Å². The van der Waals surface area contributed by atoms with Gasteiger partial charge < -0.3 is 25.0 Å². The van der Waals surface area contributed by atoms with Gasteiger partial charge in [0, 0.05) is 13.1 Å². The molecule has 6 nitrogen and oxygen atoms in total. The van der Waals surface area contributed by atoms with E-state index in [1.165, 1.54) is 23.8 Å².